The van der Waals surface area contributed by atoms with E-state index in [4.69, 9.17) is 0 Å². The first-order valence-electron chi connectivity index (χ1n) is 7.94. The Kier molecular flexibility index (Phi) is 7.55. The van der Waals surface area contributed by atoms with E-state index in [9.17, 15) is 18.0 Å². The second kappa shape index (κ2) is 8.72. The lowest BCUT2D eigenvalue weighted by Crippen LogP contribution is -2.50. The number of halogens is 4. The van der Waals surface area contributed by atoms with Crippen LogP contribution in [0.15, 0.2) is 24.3 Å². The minimum absolute atomic E-state index is 0. The second-order valence-corrected chi connectivity index (χ2v) is 6.37. The van der Waals surface area contributed by atoms with Crippen molar-refractivity contribution < 1.29 is 18.0 Å². The molecule has 0 bridgehead atoms. The second-order valence-electron chi connectivity index (χ2n) is 6.37. The molecule has 1 amide bonds. The Morgan fingerprint density at radius 2 is 2.12 bits per heavy atom. The zero-order valence-electron chi connectivity index (χ0n) is 13.8. The van der Waals surface area contributed by atoms with Gasteiger partial charge in [-0.25, -0.2) is 0 Å². The van der Waals surface area contributed by atoms with E-state index < -0.39 is 11.7 Å². The molecule has 0 radical (unpaired) electrons. The lowest BCUT2D eigenvalue weighted by Gasteiger charge is -2.30. The van der Waals surface area contributed by atoms with E-state index in [1.807, 2.05) is 0 Å². The van der Waals surface area contributed by atoms with Crippen LogP contribution in [0.4, 0.5) is 13.2 Å². The Morgan fingerprint density at radius 1 is 1.42 bits per heavy atom. The maximum Gasteiger partial charge on any atom is 0.416 e. The van der Waals surface area contributed by atoms with Gasteiger partial charge in [0.2, 0.25) is 5.91 Å². The molecule has 0 aromatic heterocycles. The number of hydrogen-bond donors (Lipinski definition) is 2. The van der Waals surface area contributed by atoms with Crippen LogP contribution < -0.4 is 10.6 Å². The van der Waals surface area contributed by atoms with E-state index in [1.165, 1.54) is 6.07 Å². The van der Waals surface area contributed by atoms with Crippen molar-refractivity contribution in [3.05, 3.63) is 35.4 Å². The summed E-state index contributed by atoms with van der Waals surface area (Å²) in [4.78, 5) is 12.2. The molecule has 1 aliphatic rings. The van der Waals surface area contributed by atoms with Gasteiger partial charge in [-0.1, -0.05) is 32.0 Å². The molecule has 24 heavy (non-hydrogen) atoms. The third-order valence-electron chi connectivity index (χ3n) is 4.45. The smallest absolute Gasteiger partial charge is 0.352 e. The van der Waals surface area contributed by atoms with E-state index in [2.05, 4.69) is 17.6 Å². The molecule has 0 aliphatic carbocycles. The predicted octanol–water partition coefficient (Wildman–Crippen LogP) is 3.74. The molecule has 3 atom stereocenters. The summed E-state index contributed by atoms with van der Waals surface area (Å²) in [6.45, 7) is 5.57. The Balaban J connectivity index is 0.00000288. The molecule has 1 fully saturated rings. The molecule has 1 saturated heterocycles. The first-order valence-corrected chi connectivity index (χ1v) is 7.94. The van der Waals surface area contributed by atoms with Crippen LogP contribution in [-0.2, 0) is 11.0 Å². The zero-order valence-corrected chi connectivity index (χ0v) is 14.6. The van der Waals surface area contributed by atoms with E-state index in [0.717, 1.165) is 31.6 Å². The minimum atomic E-state index is -4.36. The summed E-state index contributed by atoms with van der Waals surface area (Å²) in [6.07, 6.45) is -3.17. The molecule has 1 heterocycles. The molecule has 1 aromatic carbocycles. The molecule has 3 unspecified atom stereocenters. The fourth-order valence-electron chi connectivity index (χ4n) is 2.87. The summed E-state index contributed by atoms with van der Waals surface area (Å²) in [5.74, 6) is 0.0312. The highest BCUT2D eigenvalue weighted by atomic mass is 35.5. The topological polar surface area (TPSA) is 41.1 Å². The quantitative estimate of drug-likeness (QED) is 0.854. The number of alkyl halides is 3. The highest BCUT2D eigenvalue weighted by Gasteiger charge is 2.31. The first kappa shape index (κ1) is 20.8. The Labute approximate surface area is 146 Å². The number of rotatable bonds is 4. The Bertz CT molecular complexity index is 551. The normalized spacial score (nSPS) is 22.4. The van der Waals surface area contributed by atoms with Gasteiger partial charge in [-0.3, -0.25) is 4.79 Å². The van der Waals surface area contributed by atoms with E-state index in [1.54, 1.807) is 13.0 Å². The van der Waals surface area contributed by atoms with Gasteiger partial charge >= 0.3 is 6.18 Å². The third-order valence-corrected chi connectivity index (χ3v) is 4.45. The lowest BCUT2D eigenvalue weighted by molar-refractivity contribution is -0.137. The van der Waals surface area contributed by atoms with Crippen LogP contribution in [0.2, 0.25) is 0 Å². The van der Waals surface area contributed by atoms with Gasteiger partial charge in [0.25, 0.3) is 0 Å². The van der Waals surface area contributed by atoms with Crippen molar-refractivity contribution in [3.63, 3.8) is 0 Å². The standard InChI is InChI=1S/C17H23F3N2O.ClH/c1-11-6-7-21-10-15(11)22-16(23)8-12(2)13-4-3-5-14(9-13)17(18,19)20;/h3-5,9,11-12,15,21H,6-8,10H2,1-2H3,(H,22,23);1H. The molecule has 0 saturated carbocycles. The third kappa shape index (κ3) is 5.67. The molecule has 1 aliphatic heterocycles. The van der Waals surface area contributed by atoms with Crippen molar-refractivity contribution >= 4 is 18.3 Å². The average molecular weight is 365 g/mol. The number of piperidine rings is 1. The number of amides is 1. The summed E-state index contributed by atoms with van der Waals surface area (Å²) >= 11 is 0. The molecule has 2 rings (SSSR count). The van der Waals surface area contributed by atoms with Crippen LogP contribution in [0.5, 0.6) is 0 Å². The van der Waals surface area contributed by atoms with Gasteiger partial charge in [-0.2, -0.15) is 13.2 Å². The van der Waals surface area contributed by atoms with Crippen LogP contribution in [0.3, 0.4) is 0 Å². The summed E-state index contributed by atoms with van der Waals surface area (Å²) in [6, 6.07) is 5.29. The van der Waals surface area contributed by atoms with E-state index in [0.29, 0.717) is 11.5 Å². The first-order chi connectivity index (χ1) is 10.8. The Hall–Kier alpha value is -1.27. The van der Waals surface area contributed by atoms with Gasteiger partial charge in [-0.15, -0.1) is 12.4 Å². The molecule has 2 N–H and O–H groups in total. The monoisotopic (exact) mass is 364 g/mol. The number of hydrogen-bond acceptors (Lipinski definition) is 2. The van der Waals surface area contributed by atoms with Crippen LogP contribution in [-0.4, -0.2) is 25.0 Å². The zero-order chi connectivity index (χ0) is 17.0. The van der Waals surface area contributed by atoms with Crippen molar-refractivity contribution in [1.29, 1.82) is 0 Å². The van der Waals surface area contributed by atoms with Crippen LogP contribution in [0, 0.1) is 5.92 Å². The average Bonchev–Trinajstić information content (AvgIpc) is 2.49. The number of nitrogens with one attached hydrogen (secondary N) is 2. The highest BCUT2D eigenvalue weighted by Crippen LogP contribution is 2.31. The summed E-state index contributed by atoms with van der Waals surface area (Å²) in [5.41, 5.74) is -0.142. The lowest BCUT2D eigenvalue weighted by atomic mass is 9.93. The van der Waals surface area contributed by atoms with Gasteiger partial charge in [0, 0.05) is 19.0 Å². The molecule has 136 valence electrons. The summed E-state index contributed by atoms with van der Waals surface area (Å²) in [5, 5.41) is 6.23. The SMILES string of the molecule is CC(CC(=O)NC1CNCCC1C)c1cccc(C(F)(F)F)c1.Cl. The van der Waals surface area contributed by atoms with Crippen LogP contribution >= 0.6 is 12.4 Å². The molecule has 7 heteroatoms. The fourth-order valence-corrected chi connectivity index (χ4v) is 2.87. The van der Waals surface area contributed by atoms with Gasteiger partial charge < -0.3 is 10.6 Å². The Morgan fingerprint density at radius 3 is 2.75 bits per heavy atom. The maximum absolute atomic E-state index is 12.8. The van der Waals surface area contributed by atoms with E-state index >= 15 is 0 Å². The molecule has 1 aromatic rings. The minimum Gasteiger partial charge on any atom is -0.352 e. The number of benzene rings is 1. The van der Waals surface area contributed by atoms with Gasteiger partial charge in [0.1, 0.15) is 0 Å². The van der Waals surface area contributed by atoms with Crippen molar-refractivity contribution in [2.75, 3.05) is 13.1 Å². The number of carbonyl (C=O) groups excluding carboxylic acids is 1. The van der Waals surface area contributed by atoms with E-state index in [-0.39, 0.29) is 36.7 Å². The molecule has 0 spiro atoms. The summed E-state index contributed by atoms with van der Waals surface area (Å²) < 4.78 is 38.3. The van der Waals surface area contributed by atoms with Crippen molar-refractivity contribution in [3.8, 4) is 0 Å². The maximum atomic E-state index is 12.8. The summed E-state index contributed by atoms with van der Waals surface area (Å²) in [7, 11) is 0. The highest BCUT2D eigenvalue weighted by molar-refractivity contribution is 5.85. The molecule has 3 nitrogen and oxygen atoms in total. The van der Waals surface area contributed by atoms with Gasteiger partial charge in [0.15, 0.2) is 0 Å². The largest absolute Gasteiger partial charge is 0.416 e. The molecular formula is C17H24ClF3N2O. The van der Waals surface area contributed by atoms with Crippen molar-refractivity contribution in [1.82, 2.24) is 10.6 Å². The number of carbonyl (C=O) groups is 1. The van der Waals surface area contributed by atoms with Crippen molar-refractivity contribution in [2.45, 2.75) is 44.8 Å². The van der Waals surface area contributed by atoms with Gasteiger partial charge in [-0.05, 0) is 36.4 Å². The molecular weight excluding hydrogens is 341 g/mol. The van der Waals surface area contributed by atoms with Crippen molar-refractivity contribution in [2.24, 2.45) is 5.92 Å². The van der Waals surface area contributed by atoms with Crippen LogP contribution in [0.1, 0.15) is 43.7 Å². The predicted molar refractivity (Wildman–Crippen MR) is 90.3 cm³/mol. The van der Waals surface area contributed by atoms with Gasteiger partial charge in [0.05, 0.1) is 5.56 Å². The van der Waals surface area contributed by atoms with Crippen LogP contribution in [0.25, 0.3) is 0 Å². The fraction of sp³-hybridized carbons (Fsp3) is 0.588.